The number of carbonyl (C=O) groups is 1. The summed E-state index contributed by atoms with van der Waals surface area (Å²) in [7, 11) is 0. The SMILES string of the molecule is CCCCCCOc1cccc(C=O)c1.[NaH]. The Morgan fingerprint density at radius 3 is 2.75 bits per heavy atom. The van der Waals surface area contributed by atoms with Crippen molar-refractivity contribution in [2.45, 2.75) is 32.6 Å². The van der Waals surface area contributed by atoms with E-state index in [1.54, 1.807) is 12.1 Å². The number of carbonyl (C=O) groups excluding carboxylic acids is 1. The number of aldehydes is 1. The number of benzene rings is 1. The Morgan fingerprint density at radius 1 is 1.25 bits per heavy atom. The fourth-order valence-electron chi connectivity index (χ4n) is 1.40. The Balaban J connectivity index is 0.00000225. The van der Waals surface area contributed by atoms with Crippen molar-refractivity contribution >= 4 is 35.8 Å². The summed E-state index contributed by atoms with van der Waals surface area (Å²) in [5.74, 6) is 0.788. The summed E-state index contributed by atoms with van der Waals surface area (Å²) in [6.07, 6.45) is 5.63. The molecule has 0 bridgehead atoms. The summed E-state index contributed by atoms with van der Waals surface area (Å²) in [4.78, 5) is 10.5. The Labute approximate surface area is 120 Å². The van der Waals surface area contributed by atoms with Gasteiger partial charge >= 0.3 is 29.6 Å². The van der Waals surface area contributed by atoms with Crippen molar-refractivity contribution in [2.75, 3.05) is 6.61 Å². The average molecular weight is 230 g/mol. The average Bonchev–Trinajstić information content (AvgIpc) is 2.29. The molecule has 84 valence electrons. The summed E-state index contributed by atoms with van der Waals surface area (Å²) in [5, 5.41) is 0. The van der Waals surface area contributed by atoms with E-state index in [1.165, 1.54) is 19.3 Å². The van der Waals surface area contributed by atoms with Gasteiger partial charge in [-0.3, -0.25) is 4.79 Å². The molecule has 2 nitrogen and oxygen atoms in total. The molecule has 0 atom stereocenters. The first-order valence-corrected chi connectivity index (χ1v) is 5.55. The van der Waals surface area contributed by atoms with Crippen LogP contribution >= 0.6 is 0 Å². The molecule has 1 aromatic carbocycles. The number of hydrogen-bond donors (Lipinski definition) is 0. The van der Waals surface area contributed by atoms with Gasteiger partial charge in [-0.05, 0) is 18.6 Å². The van der Waals surface area contributed by atoms with Crippen molar-refractivity contribution in [3.63, 3.8) is 0 Å². The maximum atomic E-state index is 10.5. The zero-order chi connectivity index (χ0) is 10.9. The standard InChI is InChI=1S/C13H18O2.Na.H/c1-2-3-4-5-9-15-13-8-6-7-12(10-13)11-14;;/h6-8,10-11H,2-5,9H2,1H3;;. The van der Waals surface area contributed by atoms with Crippen molar-refractivity contribution in [3.05, 3.63) is 29.8 Å². The summed E-state index contributed by atoms with van der Waals surface area (Å²) in [6, 6.07) is 7.27. The van der Waals surface area contributed by atoms with Crippen LogP contribution in [0.2, 0.25) is 0 Å². The molecular weight excluding hydrogens is 211 g/mol. The minimum atomic E-state index is 0. The van der Waals surface area contributed by atoms with E-state index < -0.39 is 0 Å². The molecule has 0 saturated heterocycles. The quantitative estimate of drug-likeness (QED) is 0.409. The molecule has 0 saturated carbocycles. The van der Waals surface area contributed by atoms with E-state index in [0.29, 0.717) is 5.56 Å². The number of hydrogen-bond acceptors (Lipinski definition) is 2. The van der Waals surface area contributed by atoms with E-state index in [2.05, 4.69) is 6.92 Å². The molecule has 0 N–H and O–H groups in total. The van der Waals surface area contributed by atoms with Crippen LogP contribution in [0.3, 0.4) is 0 Å². The van der Waals surface area contributed by atoms with Crippen LogP contribution < -0.4 is 4.74 Å². The van der Waals surface area contributed by atoms with Crippen molar-refractivity contribution in [1.29, 1.82) is 0 Å². The number of rotatable bonds is 7. The second-order valence-corrected chi connectivity index (χ2v) is 3.60. The van der Waals surface area contributed by atoms with Crippen molar-refractivity contribution < 1.29 is 9.53 Å². The van der Waals surface area contributed by atoms with E-state index in [9.17, 15) is 4.79 Å². The Hall–Kier alpha value is -0.310. The van der Waals surface area contributed by atoms with Crippen molar-refractivity contribution in [2.24, 2.45) is 0 Å². The summed E-state index contributed by atoms with van der Waals surface area (Å²) in [6.45, 7) is 2.93. The first-order valence-electron chi connectivity index (χ1n) is 5.55. The topological polar surface area (TPSA) is 26.3 Å². The van der Waals surface area contributed by atoms with E-state index in [0.717, 1.165) is 25.1 Å². The first-order chi connectivity index (χ1) is 7.36. The van der Waals surface area contributed by atoms with Gasteiger partial charge in [-0.25, -0.2) is 0 Å². The maximum absolute atomic E-state index is 10.5. The van der Waals surface area contributed by atoms with Gasteiger partial charge in [0, 0.05) is 5.56 Å². The van der Waals surface area contributed by atoms with E-state index in [1.807, 2.05) is 12.1 Å². The van der Waals surface area contributed by atoms with Crippen LogP contribution in [0.25, 0.3) is 0 Å². The third-order valence-electron chi connectivity index (χ3n) is 2.26. The first kappa shape index (κ1) is 15.7. The molecule has 16 heavy (non-hydrogen) atoms. The zero-order valence-electron chi connectivity index (χ0n) is 9.24. The number of unbranched alkanes of at least 4 members (excludes halogenated alkanes) is 3. The van der Waals surface area contributed by atoms with Gasteiger partial charge < -0.3 is 4.74 Å². The van der Waals surface area contributed by atoms with Gasteiger partial charge in [0.2, 0.25) is 0 Å². The summed E-state index contributed by atoms with van der Waals surface area (Å²) < 4.78 is 5.54. The van der Waals surface area contributed by atoms with E-state index in [4.69, 9.17) is 4.74 Å². The van der Waals surface area contributed by atoms with Gasteiger partial charge in [0.25, 0.3) is 0 Å². The normalized spacial score (nSPS) is 9.31. The van der Waals surface area contributed by atoms with E-state index >= 15 is 0 Å². The van der Waals surface area contributed by atoms with Crippen LogP contribution in [0.4, 0.5) is 0 Å². The molecule has 0 aliphatic rings. The fourth-order valence-corrected chi connectivity index (χ4v) is 1.40. The van der Waals surface area contributed by atoms with Crippen LogP contribution in [0.1, 0.15) is 43.0 Å². The molecule has 1 aromatic rings. The second kappa shape index (κ2) is 9.88. The van der Waals surface area contributed by atoms with Gasteiger partial charge in [0.15, 0.2) is 0 Å². The van der Waals surface area contributed by atoms with E-state index in [-0.39, 0.29) is 29.6 Å². The molecule has 0 fully saturated rings. The molecule has 1 rings (SSSR count). The molecule has 0 spiro atoms. The predicted octanol–water partition coefficient (Wildman–Crippen LogP) is 2.81. The van der Waals surface area contributed by atoms with Crippen molar-refractivity contribution in [1.82, 2.24) is 0 Å². The third-order valence-corrected chi connectivity index (χ3v) is 2.26. The molecular formula is C13H19NaO2. The van der Waals surface area contributed by atoms with Gasteiger partial charge in [0.05, 0.1) is 6.61 Å². The molecule has 3 heteroatoms. The van der Waals surface area contributed by atoms with Gasteiger partial charge in [-0.1, -0.05) is 38.3 Å². The van der Waals surface area contributed by atoms with Gasteiger partial charge in [-0.15, -0.1) is 0 Å². The second-order valence-electron chi connectivity index (χ2n) is 3.60. The predicted molar refractivity (Wildman–Crippen MR) is 68.6 cm³/mol. The Kier molecular flexibility index (Phi) is 9.69. The van der Waals surface area contributed by atoms with Crippen LogP contribution in [-0.4, -0.2) is 42.5 Å². The minimum absolute atomic E-state index is 0. The van der Waals surface area contributed by atoms with Crippen LogP contribution in [0, 0.1) is 0 Å². The van der Waals surface area contributed by atoms with Gasteiger partial charge in [-0.2, -0.15) is 0 Å². The number of ether oxygens (including phenoxy) is 1. The Bertz CT molecular complexity index is 300. The van der Waals surface area contributed by atoms with Crippen LogP contribution in [0.15, 0.2) is 24.3 Å². The monoisotopic (exact) mass is 230 g/mol. The summed E-state index contributed by atoms with van der Waals surface area (Å²) >= 11 is 0. The fraction of sp³-hybridized carbons (Fsp3) is 0.462. The molecule has 0 aliphatic carbocycles. The molecule has 0 amide bonds. The molecule has 0 aromatic heterocycles. The van der Waals surface area contributed by atoms with Gasteiger partial charge in [0.1, 0.15) is 12.0 Å². The molecule has 0 radical (unpaired) electrons. The van der Waals surface area contributed by atoms with Crippen LogP contribution in [0.5, 0.6) is 5.75 Å². The third kappa shape index (κ3) is 6.31. The summed E-state index contributed by atoms with van der Waals surface area (Å²) in [5.41, 5.74) is 0.668. The Morgan fingerprint density at radius 2 is 2.06 bits per heavy atom. The zero-order valence-corrected chi connectivity index (χ0v) is 9.24. The van der Waals surface area contributed by atoms with Crippen LogP contribution in [-0.2, 0) is 0 Å². The van der Waals surface area contributed by atoms with Crippen molar-refractivity contribution in [3.8, 4) is 5.75 Å². The molecule has 0 heterocycles. The molecule has 0 unspecified atom stereocenters. The molecule has 0 aliphatic heterocycles.